The number of aromatic amines is 1. The molecule has 0 radical (unpaired) electrons. The van der Waals surface area contributed by atoms with Gasteiger partial charge >= 0.3 is 0 Å². The Kier molecular flexibility index (Phi) is 5.93. The number of aromatic nitrogens is 2. The number of hydrogen-bond acceptors (Lipinski definition) is 3. The number of carbonyl (C=O) groups excluding carboxylic acids is 2. The van der Waals surface area contributed by atoms with Crippen LogP contribution in [0.25, 0.3) is 0 Å². The van der Waals surface area contributed by atoms with Gasteiger partial charge in [-0.25, -0.2) is 4.98 Å². The van der Waals surface area contributed by atoms with Gasteiger partial charge in [-0.2, -0.15) is 0 Å². The highest BCUT2D eigenvalue weighted by atomic mass is 16.2. The van der Waals surface area contributed by atoms with Crippen LogP contribution in [-0.4, -0.2) is 34.9 Å². The van der Waals surface area contributed by atoms with Gasteiger partial charge in [-0.3, -0.25) is 9.59 Å². The van der Waals surface area contributed by atoms with Gasteiger partial charge in [0.15, 0.2) is 5.69 Å². The molecule has 118 valence electrons. The molecule has 0 saturated heterocycles. The highest BCUT2D eigenvalue weighted by Crippen LogP contribution is 2.11. The first kappa shape index (κ1) is 17.2. The van der Waals surface area contributed by atoms with Gasteiger partial charge in [0.1, 0.15) is 5.69 Å². The zero-order valence-electron chi connectivity index (χ0n) is 13.5. The van der Waals surface area contributed by atoms with Crippen LogP contribution in [0, 0.1) is 11.3 Å². The number of nitrogens with one attached hydrogen (secondary N) is 3. The van der Waals surface area contributed by atoms with Gasteiger partial charge in [-0.05, 0) is 17.8 Å². The highest BCUT2D eigenvalue weighted by molar-refractivity contribution is 6.04. The Morgan fingerprint density at radius 2 is 1.90 bits per heavy atom. The Hall–Kier alpha value is -1.85. The molecule has 3 N–H and O–H groups in total. The van der Waals surface area contributed by atoms with Crippen molar-refractivity contribution in [2.45, 2.75) is 41.0 Å². The SMILES string of the molecule is CC(C)CCNC(=O)c1nc[nH]c1C(=O)NCC(C)(C)C. The van der Waals surface area contributed by atoms with E-state index in [4.69, 9.17) is 0 Å². The molecule has 1 aromatic heterocycles. The lowest BCUT2D eigenvalue weighted by molar-refractivity contribution is 0.0905. The van der Waals surface area contributed by atoms with Crippen molar-refractivity contribution in [3.63, 3.8) is 0 Å². The maximum Gasteiger partial charge on any atom is 0.272 e. The van der Waals surface area contributed by atoms with Gasteiger partial charge in [0.05, 0.1) is 6.33 Å². The van der Waals surface area contributed by atoms with Crippen molar-refractivity contribution in [3.8, 4) is 0 Å². The zero-order chi connectivity index (χ0) is 16.0. The molecule has 0 bridgehead atoms. The molecule has 0 fully saturated rings. The summed E-state index contributed by atoms with van der Waals surface area (Å²) >= 11 is 0. The van der Waals surface area contributed by atoms with E-state index in [9.17, 15) is 9.59 Å². The van der Waals surface area contributed by atoms with Crippen molar-refractivity contribution in [1.29, 1.82) is 0 Å². The minimum absolute atomic E-state index is 0.0185. The van der Waals surface area contributed by atoms with E-state index in [0.29, 0.717) is 19.0 Å². The summed E-state index contributed by atoms with van der Waals surface area (Å²) in [6, 6.07) is 0. The first-order valence-electron chi connectivity index (χ1n) is 7.30. The minimum atomic E-state index is -0.321. The first-order valence-corrected chi connectivity index (χ1v) is 7.30. The Bertz CT molecular complexity index is 486. The molecule has 1 rings (SSSR count). The van der Waals surface area contributed by atoms with Gasteiger partial charge < -0.3 is 15.6 Å². The number of carbonyl (C=O) groups is 2. The maximum absolute atomic E-state index is 12.1. The Balaban J connectivity index is 2.63. The standard InChI is InChI=1S/C15H26N4O2/c1-10(2)6-7-16-13(20)11-12(19-9-18-11)14(21)17-8-15(3,4)5/h9-10H,6-8H2,1-5H3,(H,16,20)(H,17,21)(H,18,19). The van der Waals surface area contributed by atoms with Crippen LogP contribution >= 0.6 is 0 Å². The lowest BCUT2D eigenvalue weighted by Gasteiger charge is -2.18. The first-order chi connectivity index (χ1) is 9.70. The van der Waals surface area contributed by atoms with Crippen LogP contribution in [-0.2, 0) is 0 Å². The molecule has 0 unspecified atom stereocenters. The third kappa shape index (κ3) is 5.97. The van der Waals surface area contributed by atoms with Crippen LogP contribution in [0.3, 0.4) is 0 Å². The lowest BCUT2D eigenvalue weighted by atomic mass is 9.97. The smallest absolute Gasteiger partial charge is 0.272 e. The Labute approximate surface area is 126 Å². The van der Waals surface area contributed by atoms with Crippen molar-refractivity contribution in [3.05, 3.63) is 17.7 Å². The normalized spacial score (nSPS) is 11.5. The topological polar surface area (TPSA) is 86.9 Å². The highest BCUT2D eigenvalue weighted by Gasteiger charge is 2.21. The summed E-state index contributed by atoms with van der Waals surface area (Å²) in [7, 11) is 0. The molecule has 0 aromatic carbocycles. The second-order valence-corrected chi connectivity index (χ2v) is 6.81. The molecule has 1 aromatic rings. The minimum Gasteiger partial charge on any atom is -0.351 e. The van der Waals surface area contributed by atoms with Crippen LogP contribution in [0.5, 0.6) is 0 Å². The number of rotatable bonds is 6. The van der Waals surface area contributed by atoms with Crippen LogP contribution in [0.2, 0.25) is 0 Å². The van der Waals surface area contributed by atoms with Gasteiger partial charge in [-0.1, -0.05) is 34.6 Å². The zero-order valence-corrected chi connectivity index (χ0v) is 13.5. The number of imidazole rings is 1. The number of H-pyrrole nitrogens is 1. The van der Waals surface area contributed by atoms with Crippen molar-refractivity contribution >= 4 is 11.8 Å². The molecule has 6 nitrogen and oxygen atoms in total. The van der Waals surface area contributed by atoms with Crippen LogP contribution in [0.4, 0.5) is 0 Å². The molecular weight excluding hydrogens is 268 g/mol. The van der Waals surface area contributed by atoms with Crippen molar-refractivity contribution < 1.29 is 9.59 Å². The predicted octanol–water partition coefficient (Wildman–Crippen LogP) is 1.96. The quantitative estimate of drug-likeness (QED) is 0.749. The van der Waals surface area contributed by atoms with E-state index in [-0.39, 0.29) is 28.6 Å². The molecule has 1 heterocycles. The molecule has 0 atom stereocenters. The van der Waals surface area contributed by atoms with Gasteiger partial charge in [0.25, 0.3) is 11.8 Å². The molecule has 21 heavy (non-hydrogen) atoms. The van der Waals surface area contributed by atoms with Gasteiger partial charge in [-0.15, -0.1) is 0 Å². The third-order valence-corrected chi connectivity index (χ3v) is 2.87. The van der Waals surface area contributed by atoms with Gasteiger partial charge in [0, 0.05) is 13.1 Å². The van der Waals surface area contributed by atoms with E-state index in [1.54, 1.807) is 0 Å². The number of amides is 2. The molecule has 0 aliphatic rings. The van der Waals surface area contributed by atoms with Crippen molar-refractivity contribution in [2.24, 2.45) is 11.3 Å². The van der Waals surface area contributed by atoms with E-state index in [2.05, 4.69) is 34.4 Å². The van der Waals surface area contributed by atoms with E-state index >= 15 is 0 Å². The number of nitrogens with zero attached hydrogens (tertiary/aromatic N) is 1. The average Bonchev–Trinajstić information content (AvgIpc) is 2.83. The summed E-state index contributed by atoms with van der Waals surface area (Å²) in [5.74, 6) is -0.117. The van der Waals surface area contributed by atoms with Crippen LogP contribution < -0.4 is 10.6 Å². The predicted molar refractivity (Wildman–Crippen MR) is 82.2 cm³/mol. The second kappa shape index (κ2) is 7.24. The molecule has 0 aliphatic carbocycles. The summed E-state index contributed by atoms with van der Waals surface area (Å²) in [5.41, 5.74) is 0.335. The summed E-state index contributed by atoms with van der Waals surface area (Å²) < 4.78 is 0. The lowest BCUT2D eigenvalue weighted by Crippen LogP contribution is -2.34. The average molecular weight is 294 g/mol. The van der Waals surface area contributed by atoms with E-state index in [0.717, 1.165) is 6.42 Å². The molecule has 6 heteroatoms. The summed E-state index contributed by atoms with van der Waals surface area (Å²) in [4.78, 5) is 30.8. The van der Waals surface area contributed by atoms with E-state index in [1.807, 2.05) is 20.8 Å². The summed E-state index contributed by atoms with van der Waals surface area (Å²) in [6.45, 7) is 11.4. The van der Waals surface area contributed by atoms with Crippen molar-refractivity contribution in [2.75, 3.05) is 13.1 Å². The molecule has 0 spiro atoms. The largest absolute Gasteiger partial charge is 0.351 e. The Morgan fingerprint density at radius 1 is 1.24 bits per heavy atom. The third-order valence-electron chi connectivity index (χ3n) is 2.87. The maximum atomic E-state index is 12.1. The second-order valence-electron chi connectivity index (χ2n) is 6.81. The molecule has 0 saturated carbocycles. The van der Waals surface area contributed by atoms with E-state index in [1.165, 1.54) is 6.33 Å². The summed E-state index contributed by atoms with van der Waals surface area (Å²) in [5, 5.41) is 5.59. The number of hydrogen-bond donors (Lipinski definition) is 3. The monoisotopic (exact) mass is 294 g/mol. The molecular formula is C15H26N4O2. The summed E-state index contributed by atoms with van der Waals surface area (Å²) in [6.07, 6.45) is 2.26. The Morgan fingerprint density at radius 3 is 2.48 bits per heavy atom. The fourth-order valence-electron chi connectivity index (χ4n) is 1.63. The molecule has 2 amide bonds. The van der Waals surface area contributed by atoms with Crippen LogP contribution in [0.1, 0.15) is 62.0 Å². The van der Waals surface area contributed by atoms with E-state index < -0.39 is 0 Å². The van der Waals surface area contributed by atoms with Gasteiger partial charge in [0.2, 0.25) is 0 Å². The fraction of sp³-hybridized carbons (Fsp3) is 0.667. The fourth-order valence-corrected chi connectivity index (χ4v) is 1.63. The van der Waals surface area contributed by atoms with Crippen molar-refractivity contribution in [1.82, 2.24) is 20.6 Å². The van der Waals surface area contributed by atoms with Crippen LogP contribution in [0.15, 0.2) is 6.33 Å². The molecule has 0 aliphatic heterocycles.